The largest absolute Gasteiger partial charge is 0.435 e. The summed E-state index contributed by atoms with van der Waals surface area (Å²) in [6.07, 6.45) is 0.341. The van der Waals surface area contributed by atoms with Crippen molar-refractivity contribution in [1.29, 1.82) is 0 Å². The average molecular weight is 256 g/mol. The van der Waals surface area contributed by atoms with Gasteiger partial charge in [0.2, 0.25) is 5.91 Å². The summed E-state index contributed by atoms with van der Waals surface area (Å²) in [6, 6.07) is 6.19. The third kappa shape index (κ3) is 3.16. The molecule has 18 heavy (non-hydrogen) atoms. The summed E-state index contributed by atoms with van der Waals surface area (Å²) in [4.78, 5) is 13.2. The first-order valence-electron chi connectivity index (χ1n) is 5.61. The lowest BCUT2D eigenvalue weighted by Crippen LogP contribution is -2.27. The molecule has 6 heteroatoms. The number of carbonyl (C=O) groups excluding carboxylic acids is 1. The number of nitrogens with two attached hydrogens (primary N) is 1. The molecule has 0 spiro atoms. The van der Waals surface area contributed by atoms with E-state index >= 15 is 0 Å². The second-order valence-electron chi connectivity index (χ2n) is 4.26. The van der Waals surface area contributed by atoms with Crippen LogP contribution in [-0.4, -0.2) is 30.0 Å². The number of likely N-dealkylation sites (tertiary alicyclic amines) is 1. The van der Waals surface area contributed by atoms with Crippen molar-refractivity contribution in [3.63, 3.8) is 0 Å². The second-order valence-corrected chi connectivity index (χ2v) is 4.26. The van der Waals surface area contributed by atoms with Gasteiger partial charge in [0.05, 0.1) is 0 Å². The lowest BCUT2D eigenvalue weighted by molar-refractivity contribution is -0.128. The van der Waals surface area contributed by atoms with E-state index in [1.807, 2.05) is 0 Å². The fraction of sp³-hybridized carbons (Fsp3) is 0.417. The fourth-order valence-electron chi connectivity index (χ4n) is 2.00. The zero-order chi connectivity index (χ0) is 13.1. The number of hydrogen-bond donors (Lipinski definition) is 1. The van der Waals surface area contributed by atoms with Crippen LogP contribution in [0, 0.1) is 0 Å². The van der Waals surface area contributed by atoms with E-state index in [1.54, 1.807) is 17.0 Å². The average Bonchev–Trinajstić information content (AvgIpc) is 2.57. The molecule has 1 amide bonds. The zero-order valence-electron chi connectivity index (χ0n) is 9.68. The van der Waals surface area contributed by atoms with E-state index in [0.717, 1.165) is 5.56 Å². The molecule has 0 aromatic heterocycles. The number of nitrogens with zero attached hydrogens (tertiary/aromatic N) is 1. The van der Waals surface area contributed by atoms with E-state index in [2.05, 4.69) is 4.74 Å². The fourth-order valence-corrected chi connectivity index (χ4v) is 2.00. The van der Waals surface area contributed by atoms with Gasteiger partial charge in [-0.1, -0.05) is 12.1 Å². The van der Waals surface area contributed by atoms with Crippen molar-refractivity contribution in [1.82, 2.24) is 4.90 Å². The van der Waals surface area contributed by atoms with Crippen LogP contribution in [0.3, 0.4) is 0 Å². The first kappa shape index (κ1) is 12.8. The number of ether oxygens (including phenoxy) is 1. The summed E-state index contributed by atoms with van der Waals surface area (Å²) in [5.74, 6) is 0.0844. The van der Waals surface area contributed by atoms with E-state index in [1.165, 1.54) is 12.1 Å². The van der Waals surface area contributed by atoms with Crippen LogP contribution in [0.25, 0.3) is 0 Å². The van der Waals surface area contributed by atoms with E-state index in [9.17, 15) is 13.6 Å². The Balaban J connectivity index is 2.03. The first-order chi connectivity index (χ1) is 8.54. The predicted octanol–water partition coefficient (Wildman–Crippen LogP) is 1.35. The number of amides is 1. The van der Waals surface area contributed by atoms with Crippen LogP contribution in [0.2, 0.25) is 0 Å². The zero-order valence-corrected chi connectivity index (χ0v) is 9.68. The quantitative estimate of drug-likeness (QED) is 0.884. The molecule has 0 aliphatic carbocycles. The maximum absolute atomic E-state index is 12.1. The van der Waals surface area contributed by atoms with Crippen LogP contribution in [0.5, 0.6) is 5.75 Å². The Labute approximate surface area is 103 Å². The van der Waals surface area contributed by atoms with Crippen molar-refractivity contribution in [2.75, 3.05) is 6.54 Å². The van der Waals surface area contributed by atoms with Crippen molar-refractivity contribution in [3.05, 3.63) is 29.8 Å². The summed E-state index contributed by atoms with van der Waals surface area (Å²) in [7, 11) is 0. The highest BCUT2D eigenvalue weighted by atomic mass is 19.3. The van der Waals surface area contributed by atoms with Crippen LogP contribution in [0.1, 0.15) is 12.0 Å². The van der Waals surface area contributed by atoms with Crippen molar-refractivity contribution in [2.45, 2.75) is 25.6 Å². The molecular weight excluding hydrogens is 242 g/mol. The van der Waals surface area contributed by atoms with E-state index in [0.29, 0.717) is 19.5 Å². The van der Waals surface area contributed by atoms with Gasteiger partial charge in [-0.15, -0.1) is 0 Å². The number of benzene rings is 1. The Bertz CT molecular complexity index is 440. The number of alkyl halides is 2. The molecule has 0 bridgehead atoms. The van der Waals surface area contributed by atoms with Gasteiger partial charge in [-0.25, -0.2) is 0 Å². The van der Waals surface area contributed by atoms with E-state index < -0.39 is 6.61 Å². The van der Waals surface area contributed by atoms with Crippen molar-refractivity contribution in [2.24, 2.45) is 5.73 Å². The SMILES string of the molecule is NC1CC(=O)N(Cc2cccc(OC(F)F)c2)C1. The molecule has 98 valence electrons. The van der Waals surface area contributed by atoms with Crippen LogP contribution in [0.15, 0.2) is 24.3 Å². The Morgan fingerprint density at radius 3 is 2.89 bits per heavy atom. The molecule has 0 saturated carbocycles. The molecule has 1 atom stereocenters. The van der Waals surface area contributed by atoms with Crippen LogP contribution in [-0.2, 0) is 11.3 Å². The van der Waals surface area contributed by atoms with Gasteiger partial charge < -0.3 is 15.4 Å². The number of rotatable bonds is 4. The first-order valence-corrected chi connectivity index (χ1v) is 5.61. The highest BCUT2D eigenvalue weighted by Gasteiger charge is 2.26. The highest BCUT2D eigenvalue weighted by molar-refractivity contribution is 5.79. The Morgan fingerprint density at radius 1 is 1.50 bits per heavy atom. The molecule has 1 aromatic carbocycles. The standard InChI is InChI=1S/C12H14F2N2O2/c13-12(14)18-10-3-1-2-8(4-10)6-16-7-9(15)5-11(16)17/h1-4,9,12H,5-7,15H2. The molecule has 1 unspecified atom stereocenters. The van der Waals surface area contributed by atoms with Gasteiger partial charge in [0.25, 0.3) is 0 Å². The number of carbonyl (C=O) groups is 1. The summed E-state index contributed by atoms with van der Waals surface area (Å²) in [6.45, 7) is -1.98. The van der Waals surface area contributed by atoms with Crippen LogP contribution in [0.4, 0.5) is 8.78 Å². The summed E-state index contributed by atoms with van der Waals surface area (Å²) in [5.41, 5.74) is 6.42. The Kier molecular flexibility index (Phi) is 3.76. The van der Waals surface area contributed by atoms with Gasteiger partial charge in [0.15, 0.2) is 0 Å². The van der Waals surface area contributed by atoms with Gasteiger partial charge in [-0.3, -0.25) is 4.79 Å². The Morgan fingerprint density at radius 2 is 2.28 bits per heavy atom. The van der Waals surface area contributed by atoms with E-state index in [-0.39, 0.29) is 17.7 Å². The van der Waals surface area contributed by atoms with Gasteiger partial charge >= 0.3 is 6.61 Å². The van der Waals surface area contributed by atoms with Crippen molar-refractivity contribution >= 4 is 5.91 Å². The molecule has 2 N–H and O–H groups in total. The van der Waals surface area contributed by atoms with Crippen LogP contribution < -0.4 is 10.5 Å². The second kappa shape index (κ2) is 5.30. The molecule has 1 fully saturated rings. The lowest BCUT2D eigenvalue weighted by atomic mass is 10.2. The highest BCUT2D eigenvalue weighted by Crippen LogP contribution is 2.19. The monoisotopic (exact) mass is 256 g/mol. The number of halogens is 2. The minimum atomic E-state index is -2.85. The maximum atomic E-state index is 12.1. The molecule has 1 aromatic rings. The van der Waals surface area contributed by atoms with Gasteiger partial charge in [0.1, 0.15) is 5.75 Å². The van der Waals surface area contributed by atoms with Gasteiger partial charge in [-0.05, 0) is 17.7 Å². The molecule has 0 radical (unpaired) electrons. The molecule has 2 rings (SSSR count). The maximum Gasteiger partial charge on any atom is 0.387 e. The van der Waals surface area contributed by atoms with Crippen LogP contribution >= 0.6 is 0 Å². The molecule has 1 saturated heterocycles. The molecule has 4 nitrogen and oxygen atoms in total. The third-order valence-corrected chi connectivity index (χ3v) is 2.74. The van der Waals surface area contributed by atoms with Gasteiger partial charge in [0, 0.05) is 25.6 Å². The van der Waals surface area contributed by atoms with E-state index in [4.69, 9.17) is 5.73 Å². The summed E-state index contributed by atoms with van der Waals surface area (Å²) >= 11 is 0. The third-order valence-electron chi connectivity index (χ3n) is 2.74. The van der Waals surface area contributed by atoms with Crippen molar-refractivity contribution in [3.8, 4) is 5.75 Å². The van der Waals surface area contributed by atoms with Crippen molar-refractivity contribution < 1.29 is 18.3 Å². The topological polar surface area (TPSA) is 55.6 Å². The minimum absolute atomic E-state index is 0.0114. The van der Waals surface area contributed by atoms with Gasteiger partial charge in [-0.2, -0.15) is 8.78 Å². The molecular formula is C12H14F2N2O2. The smallest absolute Gasteiger partial charge is 0.387 e. The predicted molar refractivity (Wildman–Crippen MR) is 61.1 cm³/mol. The molecule has 1 aliphatic heterocycles. The summed E-state index contributed by atoms with van der Waals surface area (Å²) < 4.78 is 28.4. The normalized spacial score (nSPS) is 19.7. The molecule has 1 aliphatic rings. The lowest BCUT2D eigenvalue weighted by Gasteiger charge is -2.16. The minimum Gasteiger partial charge on any atom is -0.435 e. The molecule has 1 heterocycles. The summed E-state index contributed by atoms with van der Waals surface area (Å²) in [5, 5.41) is 0. The Hall–Kier alpha value is -1.69. The number of hydrogen-bond acceptors (Lipinski definition) is 3.